The van der Waals surface area contributed by atoms with E-state index in [1.165, 1.54) is 0 Å². The van der Waals surface area contributed by atoms with Crippen molar-refractivity contribution in [3.63, 3.8) is 0 Å². The van der Waals surface area contributed by atoms with Crippen LogP contribution in [-0.2, 0) is 11.2 Å². The van der Waals surface area contributed by atoms with Gasteiger partial charge in [0, 0.05) is 12.3 Å². The second kappa shape index (κ2) is 4.90. The molecule has 0 radical (unpaired) electrons. The first kappa shape index (κ1) is 13.4. The minimum absolute atomic E-state index is 0.127. The van der Waals surface area contributed by atoms with E-state index < -0.39 is 11.5 Å². The Hall–Kier alpha value is -1.06. The Kier molecular flexibility index (Phi) is 3.64. The first-order valence-corrected chi connectivity index (χ1v) is 6.62. The number of aliphatic hydroxyl groups is 1. The van der Waals surface area contributed by atoms with Gasteiger partial charge in [-0.15, -0.1) is 11.6 Å². The van der Waals surface area contributed by atoms with E-state index in [1.54, 1.807) is 13.8 Å². The largest absolute Gasteiger partial charge is 0.390 e. The molecule has 0 bridgehead atoms. The molecule has 0 spiro atoms. The van der Waals surface area contributed by atoms with Crippen molar-refractivity contribution in [3.8, 4) is 0 Å². The van der Waals surface area contributed by atoms with Crippen molar-refractivity contribution < 1.29 is 9.90 Å². The number of hydrogen-bond acceptors (Lipinski definition) is 2. The zero-order chi connectivity index (χ0) is 13.3. The molecule has 0 saturated heterocycles. The minimum Gasteiger partial charge on any atom is -0.390 e. The van der Waals surface area contributed by atoms with Crippen LogP contribution in [0.3, 0.4) is 0 Å². The van der Waals surface area contributed by atoms with E-state index in [-0.39, 0.29) is 17.8 Å². The zero-order valence-electron chi connectivity index (χ0n) is 10.6. The monoisotopic (exact) mass is 267 g/mol. The van der Waals surface area contributed by atoms with Crippen LogP contribution in [0, 0.1) is 5.41 Å². The van der Waals surface area contributed by atoms with Gasteiger partial charge in [-0.3, -0.25) is 4.79 Å². The highest BCUT2D eigenvalue weighted by Gasteiger charge is 2.35. The Labute approximate surface area is 112 Å². The normalized spacial score (nSPS) is 22.7. The van der Waals surface area contributed by atoms with Crippen molar-refractivity contribution in [2.24, 2.45) is 5.41 Å². The van der Waals surface area contributed by atoms with Gasteiger partial charge in [-0.1, -0.05) is 24.3 Å². The van der Waals surface area contributed by atoms with Crippen LogP contribution in [0.4, 0.5) is 0 Å². The molecule has 2 N–H and O–H groups in total. The van der Waals surface area contributed by atoms with Gasteiger partial charge in [-0.25, -0.2) is 0 Å². The Morgan fingerprint density at radius 1 is 1.50 bits per heavy atom. The molecule has 1 amide bonds. The molecular weight excluding hydrogens is 250 g/mol. The number of carbonyl (C=O) groups is 1. The number of halogens is 1. The molecule has 1 aromatic carbocycles. The summed E-state index contributed by atoms with van der Waals surface area (Å²) in [6, 6.07) is 7.47. The van der Waals surface area contributed by atoms with Crippen molar-refractivity contribution in [1.29, 1.82) is 0 Å². The molecule has 0 saturated carbocycles. The van der Waals surface area contributed by atoms with Gasteiger partial charge in [-0.05, 0) is 25.0 Å². The third-order valence-electron chi connectivity index (χ3n) is 3.44. The van der Waals surface area contributed by atoms with Gasteiger partial charge in [0.1, 0.15) is 0 Å². The number of carbonyl (C=O) groups excluding carboxylic acids is 1. The number of fused-ring (bicyclic) bond motifs is 1. The Balaban J connectivity index is 2.18. The molecular formula is C14H18ClNO2. The predicted molar refractivity (Wildman–Crippen MR) is 71.5 cm³/mol. The summed E-state index contributed by atoms with van der Waals surface area (Å²) in [5, 5.41) is 13.0. The summed E-state index contributed by atoms with van der Waals surface area (Å²) in [5.41, 5.74) is 1.47. The molecule has 0 unspecified atom stereocenters. The zero-order valence-corrected chi connectivity index (χ0v) is 11.4. The van der Waals surface area contributed by atoms with Crippen LogP contribution < -0.4 is 5.32 Å². The van der Waals surface area contributed by atoms with Gasteiger partial charge >= 0.3 is 0 Å². The van der Waals surface area contributed by atoms with Crippen LogP contribution >= 0.6 is 11.6 Å². The van der Waals surface area contributed by atoms with Crippen molar-refractivity contribution in [1.82, 2.24) is 5.32 Å². The lowest BCUT2D eigenvalue weighted by atomic mass is 9.94. The van der Waals surface area contributed by atoms with Crippen molar-refractivity contribution >= 4 is 17.5 Å². The van der Waals surface area contributed by atoms with E-state index in [1.807, 2.05) is 24.3 Å². The molecule has 98 valence electrons. The summed E-state index contributed by atoms with van der Waals surface area (Å²) in [6.07, 6.45) is 0.0278. The smallest absolute Gasteiger partial charge is 0.227 e. The third kappa shape index (κ3) is 2.38. The van der Waals surface area contributed by atoms with Crippen LogP contribution in [0.2, 0.25) is 0 Å². The maximum absolute atomic E-state index is 12.1. The highest BCUT2D eigenvalue weighted by atomic mass is 35.5. The Bertz CT molecular complexity index is 459. The van der Waals surface area contributed by atoms with Crippen molar-refractivity contribution in [2.45, 2.75) is 32.4 Å². The van der Waals surface area contributed by atoms with Crippen LogP contribution in [0.1, 0.15) is 31.0 Å². The first-order valence-electron chi connectivity index (χ1n) is 6.08. The number of rotatable bonds is 3. The van der Waals surface area contributed by atoms with E-state index in [0.29, 0.717) is 6.42 Å². The fourth-order valence-corrected chi connectivity index (χ4v) is 2.27. The van der Waals surface area contributed by atoms with E-state index in [0.717, 1.165) is 11.1 Å². The molecule has 0 aromatic heterocycles. The molecule has 0 fully saturated rings. The van der Waals surface area contributed by atoms with Crippen LogP contribution in [0.5, 0.6) is 0 Å². The number of nitrogens with one attached hydrogen (secondary N) is 1. The molecule has 0 heterocycles. The number of hydrogen-bond donors (Lipinski definition) is 2. The predicted octanol–water partition coefficient (Wildman–Crippen LogP) is 2.03. The number of amides is 1. The van der Waals surface area contributed by atoms with Gasteiger partial charge in [0.15, 0.2) is 0 Å². The quantitative estimate of drug-likeness (QED) is 0.824. The molecule has 1 aliphatic carbocycles. The van der Waals surface area contributed by atoms with E-state index in [9.17, 15) is 9.90 Å². The molecule has 18 heavy (non-hydrogen) atoms. The summed E-state index contributed by atoms with van der Waals surface area (Å²) >= 11 is 5.79. The SMILES string of the molecule is CC(C)(CCl)C(=O)N[C@@H]1c2ccccc2C[C@@H]1O. The molecule has 0 aliphatic heterocycles. The summed E-state index contributed by atoms with van der Waals surface area (Å²) < 4.78 is 0. The lowest BCUT2D eigenvalue weighted by molar-refractivity contribution is -0.129. The number of aliphatic hydroxyl groups excluding tert-OH is 1. The molecule has 2 atom stereocenters. The van der Waals surface area contributed by atoms with E-state index >= 15 is 0 Å². The Morgan fingerprint density at radius 3 is 2.83 bits per heavy atom. The van der Waals surface area contributed by atoms with E-state index in [2.05, 4.69) is 5.32 Å². The highest BCUT2D eigenvalue weighted by Crippen LogP contribution is 2.32. The summed E-state index contributed by atoms with van der Waals surface area (Å²) in [5.74, 6) is 0.127. The molecule has 3 nitrogen and oxygen atoms in total. The summed E-state index contributed by atoms with van der Waals surface area (Å²) in [4.78, 5) is 12.1. The highest BCUT2D eigenvalue weighted by molar-refractivity contribution is 6.19. The summed E-state index contributed by atoms with van der Waals surface area (Å²) in [6.45, 7) is 3.59. The average Bonchev–Trinajstić information content (AvgIpc) is 2.66. The first-order chi connectivity index (χ1) is 8.45. The maximum Gasteiger partial charge on any atom is 0.227 e. The molecule has 1 aromatic rings. The van der Waals surface area contributed by atoms with Crippen molar-refractivity contribution in [3.05, 3.63) is 35.4 Å². The fraction of sp³-hybridized carbons (Fsp3) is 0.500. The second-order valence-corrected chi connectivity index (χ2v) is 5.71. The third-order valence-corrected chi connectivity index (χ3v) is 4.11. The summed E-state index contributed by atoms with van der Waals surface area (Å²) in [7, 11) is 0. The second-order valence-electron chi connectivity index (χ2n) is 5.44. The van der Waals surface area contributed by atoms with E-state index in [4.69, 9.17) is 11.6 Å². The van der Waals surface area contributed by atoms with Gasteiger partial charge in [0.25, 0.3) is 0 Å². The molecule has 4 heteroatoms. The van der Waals surface area contributed by atoms with Gasteiger partial charge in [0.05, 0.1) is 17.6 Å². The lowest BCUT2D eigenvalue weighted by Crippen LogP contribution is -2.42. The van der Waals surface area contributed by atoms with Gasteiger partial charge in [0.2, 0.25) is 5.91 Å². The van der Waals surface area contributed by atoms with Gasteiger partial charge < -0.3 is 10.4 Å². The van der Waals surface area contributed by atoms with Crippen LogP contribution in [0.15, 0.2) is 24.3 Å². The average molecular weight is 268 g/mol. The maximum atomic E-state index is 12.1. The molecule has 1 aliphatic rings. The minimum atomic E-state index is -0.626. The fourth-order valence-electron chi connectivity index (χ4n) is 2.15. The van der Waals surface area contributed by atoms with Crippen molar-refractivity contribution in [2.75, 3.05) is 5.88 Å². The number of alkyl halides is 1. The Morgan fingerprint density at radius 2 is 2.17 bits per heavy atom. The topological polar surface area (TPSA) is 49.3 Å². The molecule has 2 rings (SSSR count). The lowest BCUT2D eigenvalue weighted by Gasteiger charge is -2.25. The van der Waals surface area contributed by atoms with Gasteiger partial charge in [-0.2, -0.15) is 0 Å². The van der Waals surface area contributed by atoms with Crippen LogP contribution in [-0.4, -0.2) is 23.0 Å². The standard InChI is InChI=1S/C14H18ClNO2/c1-14(2,8-15)13(18)16-12-10-6-4-3-5-9(10)7-11(12)17/h3-6,11-12,17H,7-8H2,1-2H3,(H,16,18)/t11-,12+/m0/s1. The number of benzene rings is 1. The van der Waals surface area contributed by atoms with Crippen LogP contribution in [0.25, 0.3) is 0 Å².